The van der Waals surface area contributed by atoms with Crippen molar-refractivity contribution in [3.8, 4) is 11.8 Å². The van der Waals surface area contributed by atoms with Crippen molar-refractivity contribution in [1.82, 2.24) is 0 Å². The van der Waals surface area contributed by atoms with E-state index in [4.69, 9.17) is 9.47 Å². The summed E-state index contributed by atoms with van der Waals surface area (Å²) in [6.45, 7) is 0. The second-order valence-corrected chi connectivity index (χ2v) is 8.09. The van der Waals surface area contributed by atoms with Crippen LogP contribution in [0.2, 0.25) is 0 Å². The van der Waals surface area contributed by atoms with Gasteiger partial charge in [0.15, 0.2) is 5.60 Å². The molecular weight excluding hydrogens is 418 g/mol. The number of benzene rings is 4. The summed E-state index contributed by atoms with van der Waals surface area (Å²) in [5, 5.41) is 9.20. The zero-order valence-corrected chi connectivity index (χ0v) is 18.8. The first-order chi connectivity index (χ1) is 16.7. The Balaban J connectivity index is 1.72. The minimum Gasteiger partial charge on any atom is -0.497 e. The number of hydrogen-bond donors (Lipinski definition) is 0. The van der Waals surface area contributed by atoms with Crippen LogP contribution in [0.3, 0.4) is 0 Å². The molecule has 1 heterocycles. The van der Waals surface area contributed by atoms with E-state index in [9.17, 15) is 5.26 Å². The quantitative estimate of drug-likeness (QED) is 0.336. The fourth-order valence-electron chi connectivity index (χ4n) is 4.33. The van der Waals surface area contributed by atoms with Crippen LogP contribution in [0.5, 0.6) is 5.75 Å². The van der Waals surface area contributed by atoms with Gasteiger partial charge in [-0.1, -0.05) is 72.8 Å². The Labute approximate surface area is 199 Å². The summed E-state index contributed by atoms with van der Waals surface area (Å²) >= 11 is 0. The molecule has 0 radical (unpaired) electrons. The van der Waals surface area contributed by atoms with Gasteiger partial charge in [0.25, 0.3) is 0 Å². The van der Waals surface area contributed by atoms with E-state index in [0.717, 1.165) is 39.3 Å². The van der Waals surface area contributed by atoms with Crippen molar-refractivity contribution >= 4 is 11.8 Å². The highest BCUT2D eigenvalue weighted by Crippen LogP contribution is 2.50. The Morgan fingerprint density at radius 1 is 0.765 bits per heavy atom. The standard InChI is InChI=1S/C31H23NO2/c1-33-29-18-14-23(15-19-29)20-28-21-30(25-16-12-24(22-32)13-17-25)34-31(28,26-8-4-2-5-9-26)27-10-6-3-7-11-27/h2-21H,1H3/b28-20+. The molecule has 3 nitrogen and oxygen atoms in total. The van der Waals surface area contributed by atoms with Gasteiger partial charge in [-0.05, 0) is 54.1 Å². The maximum Gasteiger partial charge on any atom is 0.184 e. The van der Waals surface area contributed by atoms with Gasteiger partial charge in [-0.25, -0.2) is 0 Å². The van der Waals surface area contributed by atoms with Gasteiger partial charge in [0.1, 0.15) is 11.5 Å². The summed E-state index contributed by atoms with van der Waals surface area (Å²) in [6, 6.07) is 38.3. The largest absolute Gasteiger partial charge is 0.497 e. The first-order valence-electron chi connectivity index (χ1n) is 11.1. The molecule has 1 aliphatic rings. The fraction of sp³-hybridized carbons (Fsp3) is 0.0645. The van der Waals surface area contributed by atoms with E-state index in [2.05, 4.69) is 42.5 Å². The van der Waals surface area contributed by atoms with Crippen molar-refractivity contribution < 1.29 is 9.47 Å². The normalized spacial score (nSPS) is 15.3. The number of hydrogen-bond acceptors (Lipinski definition) is 3. The van der Waals surface area contributed by atoms with E-state index in [1.807, 2.05) is 84.9 Å². The number of nitrogens with zero attached hydrogens (tertiary/aromatic N) is 1. The molecule has 0 aromatic heterocycles. The van der Waals surface area contributed by atoms with Crippen molar-refractivity contribution in [1.29, 1.82) is 5.26 Å². The van der Waals surface area contributed by atoms with Gasteiger partial charge < -0.3 is 9.47 Å². The lowest BCUT2D eigenvalue weighted by Crippen LogP contribution is -2.29. The molecule has 0 saturated heterocycles. The van der Waals surface area contributed by atoms with Crippen LogP contribution in [0.4, 0.5) is 0 Å². The Morgan fingerprint density at radius 3 is 1.88 bits per heavy atom. The topological polar surface area (TPSA) is 42.2 Å². The zero-order chi connectivity index (χ0) is 23.4. The molecule has 0 N–H and O–H groups in total. The lowest BCUT2D eigenvalue weighted by atomic mass is 9.80. The second-order valence-electron chi connectivity index (χ2n) is 8.09. The summed E-state index contributed by atoms with van der Waals surface area (Å²) < 4.78 is 12.2. The molecule has 34 heavy (non-hydrogen) atoms. The second kappa shape index (κ2) is 9.13. The highest BCUT2D eigenvalue weighted by atomic mass is 16.5. The van der Waals surface area contributed by atoms with Gasteiger partial charge in [-0.2, -0.15) is 5.26 Å². The molecule has 164 valence electrons. The highest BCUT2D eigenvalue weighted by molar-refractivity contribution is 5.76. The van der Waals surface area contributed by atoms with Gasteiger partial charge in [-0.3, -0.25) is 0 Å². The smallest absolute Gasteiger partial charge is 0.184 e. The first-order valence-corrected chi connectivity index (χ1v) is 11.1. The molecule has 0 saturated carbocycles. The maximum absolute atomic E-state index is 9.20. The van der Waals surface area contributed by atoms with Crippen LogP contribution in [0.25, 0.3) is 11.8 Å². The lowest BCUT2D eigenvalue weighted by molar-refractivity contribution is 0.135. The monoisotopic (exact) mass is 441 g/mol. The molecule has 0 fully saturated rings. The predicted octanol–water partition coefficient (Wildman–Crippen LogP) is 6.97. The minimum absolute atomic E-state index is 0.619. The van der Waals surface area contributed by atoms with Crippen molar-refractivity contribution in [3.05, 3.63) is 149 Å². The van der Waals surface area contributed by atoms with E-state index < -0.39 is 5.60 Å². The highest BCUT2D eigenvalue weighted by Gasteiger charge is 2.44. The predicted molar refractivity (Wildman–Crippen MR) is 135 cm³/mol. The van der Waals surface area contributed by atoms with E-state index in [1.165, 1.54) is 0 Å². The summed E-state index contributed by atoms with van der Waals surface area (Å²) in [7, 11) is 1.67. The Bertz CT molecular complexity index is 1340. The summed E-state index contributed by atoms with van der Waals surface area (Å²) in [5.41, 5.74) is 4.89. The summed E-state index contributed by atoms with van der Waals surface area (Å²) in [4.78, 5) is 0. The van der Waals surface area contributed by atoms with Crippen molar-refractivity contribution in [2.45, 2.75) is 5.60 Å². The molecule has 0 amide bonds. The minimum atomic E-state index is -0.814. The van der Waals surface area contributed by atoms with Gasteiger partial charge in [0.05, 0.1) is 18.7 Å². The van der Waals surface area contributed by atoms with Crippen LogP contribution in [0, 0.1) is 11.3 Å². The number of rotatable bonds is 5. The Kier molecular flexibility index (Phi) is 5.72. The average molecular weight is 442 g/mol. The number of nitriles is 1. The van der Waals surface area contributed by atoms with Crippen LogP contribution in [0.15, 0.2) is 121 Å². The molecule has 0 atom stereocenters. The molecule has 1 aliphatic heterocycles. The van der Waals surface area contributed by atoms with Crippen LogP contribution in [-0.2, 0) is 10.3 Å². The molecule has 5 rings (SSSR count). The zero-order valence-electron chi connectivity index (χ0n) is 18.8. The van der Waals surface area contributed by atoms with E-state index in [1.54, 1.807) is 7.11 Å². The third-order valence-electron chi connectivity index (χ3n) is 6.05. The Morgan fingerprint density at radius 2 is 1.35 bits per heavy atom. The van der Waals surface area contributed by atoms with Crippen LogP contribution >= 0.6 is 0 Å². The van der Waals surface area contributed by atoms with Crippen LogP contribution in [-0.4, -0.2) is 7.11 Å². The van der Waals surface area contributed by atoms with Gasteiger partial charge in [-0.15, -0.1) is 0 Å². The number of methoxy groups -OCH3 is 1. The molecule has 4 aromatic carbocycles. The fourth-order valence-corrected chi connectivity index (χ4v) is 4.33. The van der Waals surface area contributed by atoms with Crippen LogP contribution < -0.4 is 4.74 Å². The first kappa shape index (κ1) is 21.3. The van der Waals surface area contributed by atoms with Gasteiger partial charge in [0.2, 0.25) is 0 Å². The van der Waals surface area contributed by atoms with E-state index in [-0.39, 0.29) is 0 Å². The van der Waals surface area contributed by atoms with E-state index >= 15 is 0 Å². The third-order valence-corrected chi connectivity index (χ3v) is 6.05. The summed E-state index contributed by atoms with van der Waals surface area (Å²) in [5.74, 6) is 1.58. The molecule has 0 aliphatic carbocycles. The molecular formula is C31H23NO2. The van der Waals surface area contributed by atoms with Crippen molar-refractivity contribution in [3.63, 3.8) is 0 Å². The molecule has 0 unspecified atom stereocenters. The van der Waals surface area contributed by atoms with Gasteiger partial charge >= 0.3 is 0 Å². The SMILES string of the molecule is COc1ccc(/C=C2\C=C(c3ccc(C#N)cc3)OC2(c2ccccc2)c2ccccc2)cc1. The lowest BCUT2D eigenvalue weighted by Gasteiger charge is -2.33. The van der Waals surface area contributed by atoms with Crippen molar-refractivity contribution in [2.75, 3.05) is 7.11 Å². The average Bonchev–Trinajstić information content (AvgIpc) is 3.30. The molecule has 4 aromatic rings. The van der Waals surface area contributed by atoms with E-state index in [0.29, 0.717) is 5.56 Å². The molecule has 0 spiro atoms. The van der Waals surface area contributed by atoms with Crippen LogP contribution in [0.1, 0.15) is 27.8 Å². The third kappa shape index (κ3) is 3.87. The number of ether oxygens (including phenoxy) is 2. The van der Waals surface area contributed by atoms with Crippen molar-refractivity contribution in [2.24, 2.45) is 0 Å². The van der Waals surface area contributed by atoms with Gasteiger partial charge in [0, 0.05) is 22.3 Å². The summed E-state index contributed by atoms with van der Waals surface area (Å²) in [6.07, 6.45) is 4.27. The molecule has 3 heteroatoms. The Hall–Kier alpha value is -4.55. The molecule has 0 bridgehead atoms. The maximum atomic E-state index is 9.20.